The molecule has 1 nitrogen and oxygen atoms in total. The molecule has 3 fully saturated rings. The normalized spacial score (nSPS) is 40.6. The summed E-state index contributed by atoms with van der Waals surface area (Å²) in [5, 5.41) is 9.91. The van der Waals surface area contributed by atoms with Gasteiger partial charge in [0.1, 0.15) is 0 Å². The molecular formula is C25H43N. The molecular weight excluding hydrogens is 314 g/mol. The SMILES string of the molecule is CCCCCC1(C#N)CCC2CC(C3CCC(CCC)CC3)CCC2C1. The predicted molar refractivity (Wildman–Crippen MR) is 111 cm³/mol. The van der Waals surface area contributed by atoms with Crippen LogP contribution in [0.5, 0.6) is 0 Å². The van der Waals surface area contributed by atoms with Gasteiger partial charge in [-0.25, -0.2) is 0 Å². The Labute approximate surface area is 163 Å². The molecule has 0 heterocycles. The fourth-order valence-corrected chi connectivity index (χ4v) is 6.93. The van der Waals surface area contributed by atoms with Crippen LogP contribution in [0.1, 0.15) is 117 Å². The lowest BCUT2D eigenvalue weighted by atomic mass is 9.57. The molecule has 3 saturated carbocycles. The Morgan fingerprint density at radius 2 is 1.50 bits per heavy atom. The van der Waals surface area contributed by atoms with E-state index in [-0.39, 0.29) is 5.41 Å². The van der Waals surface area contributed by atoms with E-state index in [4.69, 9.17) is 0 Å². The molecule has 4 unspecified atom stereocenters. The van der Waals surface area contributed by atoms with Crippen LogP contribution < -0.4 is 0 Å². The molecule has 0 spiro atoms. The van der Waals surface area contributed by atoms with Gasteiger partial charge in [0.15, 0.2) is 0 Å². The zero-order valence-electron chi connectivity index (χ0n) is 17.6. The molecule has 0 aromatic rings. The van der Waals surface area contributed by atoms with Crippen LogP contribution in [0.3, 0.4) is 0 Å². The lowest BCUT2D eigenvalue weighted by Crippen LogP contribution is -2.38. The summed E-state index contributed by atoms with van der Waals surface area (Å²) in [5.74, 6) is 4.93. The lowest BCUT2D eigenvalue weighted by molar-refractivity contribution is 0.0378. The van der Waals surface area contributed by atoms with E-state index in [1.165, 1.54) is 103 Å². The third-order valence-corrected chi connectivity index (χ3v) is 8.58. The molecule has 0 radical (unpaired) electrons. The highest BCUT2D eigenvalue weighted by atomic mass is 14.5. The molecule has 4 atom stereocenters. The first-order chi connectivity index (χ1) is 12.7. The van der Waals surface area contributed by atoms with E-state index >= 15 is 0 Å². The van der Waals surface area contributed by atoms with Gasteiger partial charge < -0.3 is 0 Å². The molecule has 0 aromatic carbocycles. The minimum atomic E-state index is 0.0430. The fourth-order valence-electron chi connectivity index (χ4n) is 6.93. The summed E-state index contributed by atoms with van der Waals surface area (Å²) in [7, 11) is 0. The highest BCUT2D eigenvalue weighted by Gasteiger charge is 2.44. The summed E-state index contributed by atoms with van der Waals surface area (Å²) in [5.41, 5.74) is 0.0430. The smallest absolute Gasteiger partial charge is 0.0689 e. The van der Waals surface area contributed by atoms with Crippen LogP contribution in [0.15, 0.2) is 0 Å². The second-order valence-electron chi connectivity index (χ2n) is 10.3. The first-order valence-corrected chi connectivity index (χ1v) is 12.1. The monoisotopic (exact) mass is 357 g/mol. The average molecular weight is 358 g/mol. The minimum absolute atomic E-state index is 0.0430. The second-order valence-corrected chi connectivity index (χ2v) is 10.3. The van der Waals surface area contributed by atoms with Gasteiger partial charge in [-0.2, -0.15) is 5.26 Å². The van der Waals surface area contributed by atoms with E-state index in [0.717, 1.165) is 29.6 Å². The van der Waals surface area contributed by atoms with Crippen molar-refractivity contribution in [2.45, 2.75) is 117 Å². The van der Waals surface area contributed by atoms with E-state index in [1.54, 1.807) is 0 Å². The third-order valence-electron chi connectivity index (χ3n) is 8.58. The number of hydrogen-bond donors (Lipinski definition) is 0. The van der Waals surface area contributed by atoms with E-state index in [0.29, 0.717) is 0 Å². The molecule has 26 heavy (non-hydrogen) atoms. The summed E-state index contributed by atoms with van der Waals surface area (Å²) >= 11 is 0. The standard InChI is InChI=1S/C25H43N/c1-3-5-6-15-25(19-26)16-14-23-17-22(12-13-24(23)18-25)21-10-8-20(7-4-2)9-11-21/h20-24H,3-18H2,1-2H3. The molecule has 0 saturated heterocycles. The summed E-state index contributed by atoms with van der Waals surface area (Å²) in [4.78, 5) is 0. The lowest BCUT2D eigenvalue weighted by Gasteiger charge is -2.47. The summed E-state index contributed by atoms with van der Waals surface area (Å²) < 4.78 is 0. The van der Waals surface area contributed by atoms with Gasteiger partial charge in [-0.1, -0.05) is 58.8 Å². The van der Waals surface area contributed by atoms with Crippen LogP contribution in [0.25, 0.3) is 0 Å². The highest BCUT2D eigenvalue weighted by molar-refractivity contribution is 5.04. The van der Waals surface area contributed by atoms with E-state index in [1.807, 2.05) is 0 Å². The summed E-state index contributed by atoms with van der Waals surface area (Å²) in [6.07, 6.45) is 22.1. The molecule has 3 rings (SSSR count). The summed E-state index contributed by atoms with van der Waals surface area (Å²) in [6.45, 7) is 4.62. The number of nitrogens with zero attached hydrogens (tertiary/aromatic N) is 1. The largest absolute Gasteiger partial charge is 0.198 e. The van der Waals surface area contributed by atoms with Crippen molar-refractivity contribution in [3.63, 3.8) is 0 Å². The number of hydrogen-bond acceptors (Lipinski definition) is 1. The molecule has 0 N–H and O–H groups in total. The van der Waals surface area contributed by atoms with Gasteiger partial charge in [0.05, 0.1) is 11.5 Å². The zero-order chi connectivity index (χ0) is 18.4. The van der Waals surface area contributed by atoms with Crippen molar-refractivity contribution in [2.75, 3.05) is 0 Å². The topological polar surface area (TPSA) is 23.8 Å². The van der Waals surface area contributed by atoms with Gasteiger partial charge in [0.25, 0.3) is 0 Å². The van der Waals surface area contributed by atoms with Crippen molar-refractivity contribution in [3.8, 4) is 6.07 Å². The second kappa shape index (κ2) is 9.61. The quantitative estimate of drug-likeness (QED) is 0.425. The van der Waals surface area contributed by atoms with Crippen molar-refractivity contribution in [1.29, 1.82) is 5.26 Å². The Bertz CT molecular complexity index is 455. The van der Waals surface area contributed by atoms with Crippen LogP contribution in [0.4, 0.5) is 0 Å². The van der Waals surface area contributed by atoms with E-state index in [9.17, 15) is 5.26 Å². The molecule has 148 valence electrons. The van der Waals surface area contributed by atoms with Crippen molar-refractivity contribution >= 4 is 0 Å². The van der Waals surface area contributed by atoms with E-state index in [2.05, 4.69) is 19.9 Å². The Morgan fingerprint density at radius 3 is 2.19 bits per heavy atom. The molecule has 3 aliphatic carbocycles. The van der Waals surface area contributed by atoms with Crippen molar-refractivity contribution in [1.82, 2.24) is 0 Å². The van der Waals surface area contributed by atoms with Crippen LogP contribution in [-0.2, 0) is 0 Å². The van der Waals surface area contributed by atoms with Crippen LogP contribution in [-0.4, -0.2) is 0 Å². The number of rotatable bonds is 7. The Morgan fingerprint density at radius 1 is 0.808 bits per heavy atom. The van der Waals surface area contributed by atoms with Gasteiger partial charge in [0.2, 0.25) is 0 Å². The van der Waals surface area contributed by atoms with Crippen LogP contribution >= 0.6 is 0 Å². The highest BCUT2D eigenvalue weighted by Crippen LogP contribution is 2.53. The number of unbranched alkanes of at least 4 members (excludes halogenated alkanes) is 2. The first-order valence-electron chi connectivity index (χ1n) is 12.1. The van der Waals surface area contributed by atoms with E-state index < -0.39 is 0 Å². The molecule has 0 aromatic heterocycles. The minimum Gasteiger partial charge on any atom is -0.198 e. The van der Waals surface area contributed by atoms with Gasteiger partial charge in [0, 0.05) is 0 Å². The van der Waals surface area contributed by atoms with Crippen LogP contribution in [0.2, 0.25) is 0 Å². The Kier molecular flexibility index (Phi) is 7.48. The zero-order valence-corrected chi connectivity index (χ0v) is 17.6. The van der Waals surface area contributed by atoms with Gasteiger partial charge >= 0.3 is 0 Å². The number of nitriles is 1. The molecule has 1 heteroatoms. The van der Waals surface area contributed by atoms with Gasteiger partial charge in [-0.05, 0) is 87.4 Å². The maximum Gasteiger partial charge on any atom is 0.0689 e. The van der Waals surface area contributed by atoms with Crippen LogP contribution in [0, 0.1) is 46.3 Å². The Balaban J connectivity index is 1.48. The van der Waals surface area contributed by atoms with Gasteiger partial charge in [-0.15, -0.1) is 0 Å². The molecule has 0 amide bonds. The average Bonchev–Trinajstić information content (AvgIpc) is 2.68. The number of fused-ring (bicyclic) bond motifs is 1. The maximum absolute atomic E-state index is 9.91. The predicted octanol–water partition coefficient (Wildman–Crippen LogP) is 7.90. The first kappa shape index (κ1) is 20.2. The van der Waals surface area contributed by atoms with Crippen molar-refractivity contribution < 1.29 is 0 Å². The molecule has 0 bridgehead atoms. The maximum atomic E-state index is 9.91. The molecule has 3 aliphatic rings. The van der Waals surface area contributed by atoms with Crippen molar-refractivity contribution in [2.24, 2.45) is 35.0 Å². The fraction of sp³-hybridized carbons (Fsp3) is 0.960. The molecule has 0 aliphatic heterocycles. The van der Waals surface area contributed by atoms with Crippen molar-refractivity contribution in [3.05, 3.63) is 0 Å². The Hall–Kier alpha value is -0.510. The van der Waals surface area contributed by atoms with Gasteiger partial charge in [-0.3, -0.25) is 0 Å². The summed E-state index contributed by atoms with van der Waals surface area (Å²) in [6, 6.07) is 2.80. The third kappa shape index (κ3) is 4.85.